The van der Waals surface area contributed by atoms with Gasteiger partial charge in [-0.05, 0) is 31.2 Å². The lowest BCUT2D eigenvalue weighted by atomic mass is 10.1. The van der Waals surface area contributed by atoms with Crippen molar-refractivity contribution in [1.82, 2.24) is 10.1 Å². The molecule has 3 aromatic rings. The summed E-state index contributed by atoms with van der Waals surface area (Å²) >= 11 is 0. The maximum atomic E-state index is 14.0. The van der Waals surface area contributed by atoms with E-state index in [-0.39, 0.29) is 24.0 Å². The number of halogens is 1. The van der Waals surface area contributed by atoms with Crippen LogP contribution in [0.15, 0.2) is 47.0 Å². The number of rotatable bonds is 6. The molecule has 4 rings (SSSR count). The minimum absolute atomic E-state index is 0.131. The number of anilines is 1. The second-order valence-corrected chi connectivity index (χ2v) is 6.61. The van der Waals surface area contributed by atoms with Crippen LogP contribution in [0.3, 0.4) is 0 Å². The number of amides is 1. The molecule has 1 amide bonds. The second kappa shape index (κ2) is 7.90. The number of aromatic nitrogens is 2. The molecule has 150 valence electrons. The van der Waals surface area contributed by atoms with Gasteiger partial charge in [0.15, 0.2) is 11.6 Å². The standard InChI is InChI=1S/C21H20FN3O4/c1-3-28-17-7-5-4-6-15(17)20-23-21(29-24-20)13-10-19(26)25(12-13)14-8-9-18(27-2)16(22)11-14/h4-9,11,13H,3,10,12H2,1-2H3. The van der Waals surface area contributed by atoms with Crippen LogP contribution in [-0.2, 0) is 4.79 Å². The summed E-state index contributed by atoms with van der Waals surface area (Å²) in [7, 11) is 1.39. The first kappa shape index (κ1) is 18.9. The van der Waals surface area contributed by atoms with E-state index in [2.05, 4.69) is 10.1 Å². The quantitative estimate of drug-likeness (QED) is 0.630. The Morgan fingerprint density at radius 1 is 1.24 bits per heavy atom. The number of carbonyl (C=O) groups is 1. The van der Waals surface area contributed by atoms with Crippen LogP contribution in [0.5, 0.6) is 11.5 Å². The van der Waals surface area contributed by atoms with Crippen molar-refractivity contribution in [3.05, 3.63) is 54.2 Å². The van der Waals surface area contributed by atoms with Gasteiger partial charge in [-0.2, -0.15) is 4.98 Å². The highest BCUT2D eigenvalue weighted by Gasteiger charge is 2.35. The fourth-order valence-electron chi connectivity index (χ4n) is 3.39. The van der Waals surface area contributed by atoms with Gasteiger partial charge in [0, 0.05) is 24.7 Å². The lowest BCUT2D eigenvalue weighted by Crippen LogP contribution is -2.24. The molecule has 1 aliphatic rings. The zero-order valence-corrected chi connectivity index (χ0v) is 16.1. The Hall–Kier alpha value is -3.42. The zero-order valence-electron chi connectivity index (χ0n) is 16.1. The fourth-order valence-corrected chi connectivity index (χ4v) is 3.39. The number of methoxy groups -OCH3 is 1. The Bertz CT molecular complexity index is 1040. The molecule has 1 atom stereocenters. The molecule has 0 radical (unpaired) electrons. The van der Waals surface area contributed by atoms with E-state index in [9.17, 15) is 9.18 Å². The Morgan fingerprint density at radius 2 is 2.07 bits per heavy atom. The summed E-state index contributed by atoms with van der Waals surface area (Å²) in [6.45, 7) is 2.75. The molecule has 0 saturated carbocycles. The minimum atomic E-state index is -0.520. The molecule has 1 saturated heterocycles. The fraction of sp³-hybridized carbons (Fsp3) is 0.286. The molecule has 0 spiro atoms. The number of hydrogen-bond donors (Lipinski definition) is 0. The van der Waals surface area contributed by atoms with E-state index >= 15 is 0 Å². The summed E-state index contributed by atoms with van der Waals surface area (Å²) in [5, 5.41) is 4.06. The van der Waals surface area contributed by atoms with E-state index in [0.717, 1.165) is 5.56 Å². The van der Waals surface area contributed by atoms with Gasteiger partial charge in [0.05, 0.1) is 25.2 Å². The van der Waals surface area contributed by atoms with Crippen LogP contribution in [-0.4, -0.2) is 36.3 Å². The largest absolute Gasteiger partial charge is 0.494 e. The maximum absolute atomic E-state index is 14.0. The van der Waals surface area contributed by atoms with Gasteiger partial charge in [0.1, 0.15) is 5.75 Å². The predicted octanol–water partition coefficient (Wildman–Crippen LogP) is 3.80. The molecule has 1 unspecified atom stereocenters. The van der Waals surface area contributed by atoms with Crippen molar-refractivity contribution in [3.8, 4) is 22.9 Å². The minimum Gasteiger partial charge on any atom is -0.494 e. The third kappa shape index (κ3) is 3.65. The first-order valence-corrected chi connectivity index (χ1v) is 9.30. The molecule has 7 nitrogen and oxygen atoms in total. The van der Waals surface area contributed by atoms with Crippen molar-refractivity contribution in [2.24, 2.45) is 0 Å². The number of nitrogens with zero attached hydrogens (tertiary/aromatic N) is 3. The third-order valence-electron chi connectivity index (χ3n) is 4.79. The molecule has 2 heterocycles. The molecule has 8 heteroatoms. The van der Waals surface area contributed by atoms with Gasteiger partial charge < -0.3 is 18.9 Å². The summed E-state index contributed by atoms with van der Waals surface area (Å²) in [6.07, 6.45) is 0.211. The molecular weight excluding hydrogens is 377 g/mol. The molecular formula is C21H20FN3O4. The van der Waals surface area contributed by atoms with Crippen molar-refractivity contribution in [2.45, 2.75) is 19.3 Å². The second-order valence-electron chi connectivity index (χ2n) is 6.61. The number of ether oxygens (including phenoxy) is 2. The SMILES string of the molecule is CCOc1ccccc1-c1noc(C2CC(=O)N(c3ccc(OC)c(F)c3)C2)n1. The Kier molecular flexibility index (Phi) is 5.16. The van der Waals surface area contributed by atoms with E-state index in [1.807, 2.05) is 31.2 Å². The number of para-hydroxylation sites is 1. The van der Waals surface area contributed by atoms with Crippen molar-refractivity contribution < 1.29 is 23.2 Å². The highest BCUT2D eigenvalue weighted by molar-refractivity contribution is 5.96. The van der Waals surface area contributed by atoms with Crippen LogP contribution in [0.2, 0.25) is 0 Å². The number of benzene rings is 2. The van der Waals surface area contributed by atoms with Gasteiger partial charge in [-0.15, -0.1) is 0 Å². The average molecular weight is 397 g/mol. The summed E-state index contributed by atoms with van der Waals surface area (Å²) < 4.78 is 30.0. The van der Waals surface area contributed by atoms with Crippen LogP contribution in [0.25, 0.3) is 11.4 Å². The summed E-state index contributed by atoms with van der Waals surface area (Å²) in [6, 6.07) is 11.9. The number of carbonyl (C=O) groups excluding carboxylic acids is 1. The molecule has 1 fully saturated rings. The van der Waals surface area contributed by atoms with Gasteiger partial charge in [0.2, 0.25) is 17.6 Å². The van der Waals surface area contributed by atoms with Crippen molar-refractivity contribution in [1.29, 1.82) is 0 Å². The van der Waals surface area contributed by atoms with E-state index in [1.165, 1.54) is 24.1 Å². The monoisotopic (exact) mass is 397 g/mol. The topological polar surface area (TPSA) is 77.7 Å². The van der Waals surface area contributed by atoms with Gasteiger partial charge in [-0.3, -0.25) is 4.79 Å². The van der Waals surface area contributed by atoms with Gasteiger partial charge in [-0.25, -0.2) is 4.39 Å². The molecule has 0 aliphatic carbocycles. The predicted molar refractivity (Wildman–Crippen MR) is 104 cm³/mol. The van der Waals surface area contributed by atoms with Crippen molar-refractivity contribution >= 4 is 11.6 Å². The van der Waals surface area contributed by atoms with E-state index < -0.39 is 5.82 Å². The third-order valence-corrected chi connectivity index (χ3v) is 4.79. The molecule has 0 N–H and O–H groups in total. The molecule has 29 heavy (non-hydrogen) atoms. The van der Waals surface area contributed by atoms with Crippen molar-refractivity contribution in [2.75, 3.05) is 25.2 Å². The summed E-state index contributed by atoms with van der Waals surface area (Å²) in [5.41, 5.74) is 1.19. The summed E-state index contributed by atoms with van der Waals surface area (Å²) in [4.78, 5) is 18.5. The average Bonchev–Trinajstić information content (AvgIpc) is 3.35. The van der Waals surface area contributed by atoms with Crippen LogP contribution in [0.4, 0.5) is 10.1 Å². The zero-order chi connectivity index (χ0) is 20.4. The van der Waals surface area contributed by atoms with Gasteiger partial charge in [0.25, 0.3) is 0 Å². The van der Waals surface area contributed by atoms with Crippen LogP contribution < -0.4 is 14.4 Å². The van der Waals surface area contributed by atoms with Crippen LogP contribution >= 0.6 is 0 Å². The first-order valence-electron chi connectivity index (χ1n) is 9.30. The first-order chi connectivity index (χ1) is 14.1. The van der Waals surface area contributed by atoms with E-state index in [4.69, 9.17) is 14.0 Å². The van der Waals surface area contributed by atoms with Crippen molar-refractivity contribution in [3.63, 3.8) is 0 Å². The Morgan fingerprint density at radius 3 is 2.83 bits per heavy atom. The molecule has 1 aliphatic heterocycles. The Labute approximate surface area is 167 Å². The lowest BCUT2D eigenvalue weighted by molar-refractivity contribution is -0.117. The van der Waals surface area contributed by atoms with Crippen LogP contribution in [0.1, 0.15) is 25.2 Å². The molecule has 1 aromatic heterocycles. The number of hydrogen-bond acceptors (Lipinski definition) is 6. The Balaban J connectivity index is 1.55. The van der Waals surface area contributed by atoms with Gasteiger partial charge >= 0.3 is 0 Å². The maximum Gasteiger partial charge on any atom is 0.232 e. The van der Waals surface area contributed by atoms with E-state index in [1.54, 1.807) is 6.07 Å². The smallest absolute Gasteiger partial charge is 0.232 e. The van der Waals surface area contributed by atoms with Crippen LogP contribution in [0, 0.1) is 5.82 Å². The summed E-state index contributed by atoms with van der Waals surface area (Å²) in [5.74, 6) is 0.657. The normalized spacial score (nSPS) is 16.3. The highest BCUT2D eigenvalue weighted by atomic mass is 19.1. The molecule has 2 aromatic carbocycles. The lowest BCUT2D eigenvalue weighted by Gasteiger charge is -2.16. The molecule has 0 bridgehead atoms. The highest BCUT2D eigenvalue weighted by Crippen LogP contribution is 2.34. The van der Waals surface area contributed by atoms with Gasteiger partial charge in [-0.1, -0.05) is 17.3 Å². The van der Waals surface area contributed by atoms with E-state index in [0.29, 0.717) is 36.3 Å².